The van der Waals surface area contributed by atoms with Crippen molar-refractivity contribution in [3.8, 4) is 0 Å². The molecule has 0 aliphatic rings. The Labute approximate surface area is 157 Å². The maximum absolute atomic E-state index is 13.3. The summed E-state index contributed by atoms with van der Waals surface area (Å²) >= 11 is 0. The molecule has 0 bridgehead atoms. The molecule has 0 fully saturated rings. The fourth-order valence-electron chi connectivity index (χ4n) is 2.82. The van der Waals surface area contributed by atoms with Gasteiger partial charge in [0.15, 0.2) is 17.0 Å². The van der Waals surface area contributed by atoms with E-state index in [2.05, 4.69) is 34.1 Å². The third-order valence-corrected chi connectivity index (χ3v) is 4.54. The first kappa shape index (κ1) is 19.0. The lowest BCUT2D eigenvalue weighted by Crippen LogP contribution is -2.24. The predicted octanol–water partition coefficient (Wildman–Crippen LogP) is 3.50. The number of hydrogen-bond acceptors (Lipinski definition) is 6. The molecule has 144 valence electrons. The highest BCUT2D eigenvalue weighted by molar-refractivity contribution is 5.87. The summed E-state index contributed by atoms with van der Waals surface area (Å²) in [5.41, 5.74) is 2.16. The Kier molecular flexibility index (Phi) is 5.55. The number of nitrogens with one attached hydrogen (secondary N) is 1. The number of anilines is 3. The first-order valence-electron chi connectivity index (χ1n) is 9.05. The monoisotopic (exact) mass is 372 g/mol. The van der Waals surface area contributed by atoms with E-state index in [1.165, 1.54) is 12.1 Å². The van der Waals surface area contributed by atoms with Gasteiger partial charge in [-0.05, 0) is 44.5 Å². The molecular formula is C19H25FN6O. The van der Waals surface area contributed by atoms with Crippen LogP contribution in [0.3, 0.4) is 0 Å². The van der Waals surface area contributed by atoms with Crippen LogP contribution in [0.2, 0.25) is 0 Å². The van der Waals surface area contributed by atoms with Crippen molar-refractivity contribution in [2.45, 2.75) is 39.3 Å². The highest BCUT2D eigenvalue weighted by atomic mass is 19.1. The molecule has 7 nitrogen and oxygen atoms in total. The molecular weight excluding hydrogens is 347 g/mol. The molecule has 27 heavy (non-hydrogen) atoms. The number of hydrogen-bond donors (Lipinski definition) is 2. The quantitative estimate of drug-likeness (QED) is 0.661. The van der Waals surface area contributed by atoms with Crippen molar-refractivity contribution in [3.63, 3.8) is 0 Å². The number of halogens is 1. The summed E-state index contributed by atoms with van der Waals surface area (Å²) in [5.74, 6) is 0.747. The van der Waals surface area contributed by atoms with Gasteiger partial charge < -0.3 is 19.9 Å². The Balaban J connectivity index is 2.12. The summed E-state index contributed by atoms with van der Waals surface area (Å²) in [4.78, 5) is 15.6. The van der Waals surface area contributed by atoms with E-state index in [0.29, 0.717) is 22.9 Å². The average Bonchev–Trinajstić information content (AvgIpc) is 3.09. The molecule has 0 saturated carbocycles. The molecule has 2 N–H and O–H groups in total. The van der Waals surface area contributed by atoms with Crippen molar-refractivity contribution >= 4 is 28.6 Å². The van der Waals surface area contributed by atoms with Crippen LogP contribution in [0.5, 0.6) is 0 Å². The number of benzene rings is 1. The third-order valence-electron chi connectivity index (χ3n) is 4.54. The number of aliphatic hydroxyl groups excluding tert-OH is 1. The van der Waals surface area contributed by atoms with Crippen molar-refractivity contribution in [1.82, 2.24) is 19.5 Å². The summed E-state index contributed by atoms with van der Waals surface area (Å²) in [7, 11) is 1.86. The second-order valence-corrected chi connectivity index (χ2v) is 6.76. The van der Waals surface area contributed by atoms with Crippen molar-refractivity contribution in [1.29, 1.82) is 0 Å². The minimum Gasteiger partial charge on any atom is -0.394 e. The summed E-state index contributed by atoms with van der Waals surface area (Å²) in [5, 5.41) is 12.7. The van der Waals surface area contributed by atoms with E-state index in [4.69, 9.17) is 0 Å². The zero-order valence-corrected chi connectivity index (χ0v) is 16.0. The van der Waals surface area contributed by atoms with Crippen molar-refractivity contribution < 1.29 is 9.50 Å². The Morgan fingerprint density at radius 2 is 1.93 bits per heavy atom. The fourth-order valence-corrected chi connectivity index (χ4v) is 2.82. The SMILES string of the molecule is CCC(CO)Nc1nc(N(C)c2ccc(F)cc2)c2ncn(C(C)C)c2n1. The van der Waals surface area contributed by atoms with Crippen molar-refractivity contribution in [2.24, 2.45) is 0 Å². The Hall–Kier alpha value is -2.74. The number of aromatic nitrogens is 4. The van der Waals surface area contributed by atoms with Crippen LogP contribution >= 0.6 is 0 Å². The number of rotatable bonds is 7. The molecule has 2 heterocycles. The molecule has 3 aromatic rings. The van der Waals surface area contributed by atoms with Crippen LogP contribution in [-0.4, -0.2) is 44.3 Å². The second kappa shape index (κ2) is 7.87. The topological polar surface area (TPSA) is 79.1 Å². The maximum atomic E-state index is 13.3. The van der Waals surface area contributed by atoms with Gasteiger partial charge in [0, 0.05) is 18.8 Å². The van der Waals surface area contributed by atoms with Crippen LogP contribution in [0.25, 0.3) is 11.2 Å². The number of aliphatic hydroxyl groups is 1. The molecule has 0 aliphatic heterocycles. The van der Waals surface area contributed by atoms with Gasteiger partial charge in [0.25, 0.3) is 0 Å². The number of imidazole rings is 1. The fraction of sp³-hybridized carbons (Fsp3) is 0.421. The number of fused-ring (bicyclic) bond motifs is 1. The van der Waals surface area contributed by atoms with E-state index in [1.807, 2.05) is 23.4 Å². The van der Waals surface area contributed by atoms with Gasteiger partial charge in [-0.3, -0.25) is 0 Å². The van der Waals surface area contributed by atoms with Gasteiger partial charge in [-0.2, -0.15) is 9.97 Å². The lowest BCUT2D eigenvalue weighted by Gasteiger charge is -2.21. The molecule has 0 amide bonds. The highest BCUT2D eigenvalue weighted by Gasteiger charge is 2.19. The van der Waals surface area contributed by atoms with E-state index in [1.54, 1.807) is 18.5 Å². The maximum Gasteiger partial charge on any atom is 0.227 e. The first-order valence-corrected chi connectivity index (χ1v) is 9.05. The van der Waals surface area contributed by atoms with Gasteiger partial charge in [0.1, 0.15) is 5.82 Å². The van der Waals surface area contributed by atoms with Gasteiger partial charge in [-0.1, -0.05) is 6.92 Å². The van der Waals surface area contributed by atoms with Crippen LogP contribution in [-0.2, 0) is 0 Å². The summed E-state index contributed by atoms with van der Waals surface area (Å²) in [6.07, 6.45) is 2.49. The normalized spacial score (nSPS) is 12.6. The van der Waals surface area contributed by atoms with Crippen LogP contribution in [0.15, 0.2) is 30.6 Å². The predicted molar refractivity (Wildman–Crippen MR) is 105 cm³/mol. The van der Waals surface area contributed by atoms with Gasteiger partial charge in [-0.25, -0.2) is 9.37 Å². The van der Waals surface area contributed by atoms with Gasteiger partial charge >= 0.3 is 0 Å². The second-order valence-electron chi connectivity index (χ2n) is 6.76. The Bertz CT molecular complexity index is 904. The third kappa shape index (κ3) is 3.85. The minimum atomic E-state index is -0.292. The Morgan fingerprint density at radius 3 is 2.52 bits per heavy atom. The molecule has 0 aliphatic carbocycles. The van der Waals surface area contributed by atoms with Gasteiger partial charge in [0.2, 0.25) is 5.95 Å². The lowest BCUT2D eigenvalue weighted by atomic mass is 10.2. The molecule has 1 atom stereocenters. The molecule has 0 spiro atoms. The number of nitrogens with zero attached hydrogens (tertiary/aromatic N) is 5. The van der Waals surface area contributed by atoms with E-state index < -0.39 is 0 Å². The minimum absolute atomic E-state index is 0.00945. The molecule has 0 radical (unpaired) electrons. The lowest BCUT2D eigenvalue weighted by molar-refractivity contribution is 0.271. The highest BCUT2D eigenvalue weighted by Crippen LogP contribution is 2.30. The van der Waals surface area contributed by atoms with Crippen LogP contribution in [0.1, 0.15) is 33.2 Å². The molecule has 8 heteroatoms. The molecule has 3 rings (SSSR count). The Morgan fingerprint density at radius 1 is 1.22 bits per heavy atom. The van der Waals surface area contributed by atoms with E-state index in [0.717, 1.165) is 12.1 Å². The van der Waals surface area contributed by atoms with Crippen LogP contribution in [0, 0.1) is 5.82 Å². The van der Waals surface area contributed by atoms with E-state index >= 15 is 0 Å². The smallest absolute Gasteiger partial charge is 0.227 e. The van der Waals surface area contributed by atoms with Crippen molar-refractivity contribution in [3.05, 3.63) is 36.4 Å². The van der Waals surface area contributed by atoms with Crippen LogP contribution in [0.4, 0.5) is 21.8 Å². The van der Waals surface area contributed by atoms with Gasteiger partial charge in [0.05, 0.1) is 19.0 Å². The molecule has 2 aromatic heterocycles. The largest absolute Gasteiger partial charge is 0.394 e. The van der Waals surface area contributed by atoms with E-state index in [-0.39, 0.29) is 24.5 Å². The summed E-state index contributed by atoms with van der Waals surface area (Å²) in [6.45, 7) is 6.09. The van der Waals surface area contributed by atoms with E-state index in [9.17, 15) is 9.50 Å². The van der Waals surface area contributed by atoms with Crippen LogP contribution < -0.4 is 10.2 Å². The molecule has 1 aromatic carbocycles. The standard InChI is InChI=1S/C19H25FN6O/c1-5-14(10-27)22-19-23-17(25(4)15-8-6-13(20)7-9-15)16-18(24-19)26(11-21-16)12(2)3/h6-9,11-12,14,27H,5,10H2,1-4H3,(H,22,23,24). The summed E-state index contributed by atoms with van der Waals surface area (Å²) in [6, 6.07) is 6.25. The van der Waals surface area contributed by atoms with Gasteiger partial charge in [-0.15, -0.1) is 0 Å². The first-order chi connectivity index (χ1) is 12.9. The zero-order valence-electron chi connectivity index (χ0n) is 16.0. The average molecular weight is 372 g/mol. The molecule has 1 unspecified atom stereocenters. The summed E-state index contributed by atoms with van der Waals surface area (Å²) < 4.78 is 15.3. The zero-order chi connectivity index (χ0) is 19.6. The molecule has 0 saturated heterocycles. The van der Waals surface area contributed by atoms with Crippen molar-refractivity contribution in [2.75, 3.05) is 23.9 Å².